The first-order valence-corrected chi connectivity index (χ1v) is 9.16. The monoisotopic (exact) mass is 376 g/mol. The van der Waals surface area contributed by atoms with Crippen molar-refractivity contribution in [1.29, 1.82) is 0 Å². The highest BCUT2D eigenvalue weighted by Gasteiger charge is 2.19. The second-order valence-corrected chi connectivity index (χ2v) is 6.43. The Balaban J connectivity index is 1.93. The fraction of sp³-hybridized carbons (Fsp3) is 0.227. The predicted octanol–water partition coefficient (Wildman–Crippen LogP) is 4.51. The van der Waals surface area contributed by atoms with E-state index in [2.05, 4.69) is 15.3 Å². The zero-order chi connectivity index (χ0) is 20.1. The van der Waals surface area contributed by atoms with E-state index < -0.39 is 0 Å². The Hall–Kier alpha value is -3.41. The van der Waals surface area contributed by atoms with E-state index in [-0.39, 0.29) is 5.91 Å². The first kappa shape index (κ1) is 19.4. The molecule has 1 N–H and O–H groups in total. The number of ether oxygens (including phenoxy) is 1. The lowest BCUT2D eigenvalue weighted by molar-refractivity contribution is 0.0983. The van der Waals surface area contributed by atoms with Crippen LogP contribution in [0.2, 0.25) is 0 Å². The van der Waals surface area contributed by atoms with Gasteiger partial charge in [-0.15, -0.1) is 0 Å². The average Bonchev–Trinajstić information content (AvgIpc) is 2.68. The number of para-hydroxylation sites is 2. The maximum atomic E-state index is 13.2. The van der Waals surface area contributed by atoms with Crippen LogP contribution in [-0.2, 0) is 0 Å². The molecule has 3 aromatic rings. The summed E-state index contributed by atoms with van der Waals surface area (Å²) in [5.74, 6) is 0.866. The quantitative estimate of drug-likeness (QED) is 0.685. The number of nitrogens with zero attached hydrogens (tertiary/aromatic N) is 3. The molecule has 0 aliphatic carbocycles. The number of nitrogens with one attached hydrogen (secondary N) is 1. The second kappa shape index (κ2) is 8.52. The van der Waals surface area contributed by atoms with Crippen molar-refractivity contribution < 1.29 is 9.53 Å². The molecule has 6 heteroatoms. The largest absolute Gasteiger partial charge is 0.495 e. The first-order valence-electron chi connectivity index (χ1n) is 9.16. The highest BCUT2D eigenvalue weighted by molar-refractivity contribution is 6.05. The fourth-order valence-corrected chi connectivity index (χ4v) is 2.98. The van der Waals surface area contributed by atoms with Gasteiger partial charge in [0.25, 0.3) is 5.91 Å². The van der Waals surface area contributed by atoms with Gasteiger partial charge in [0.05, 0.1) is 12.8 Å². The van der Waals surface area contributed by atoms with Crippen LogP contribution < -0.4 is 15.0 Å². The van der Waals surface area contributed by atoms with E-state index in [0.29, 0.717) is 29.6 Å². The van der Waals surface area contributed by atoms with Gasteiger partial charge in [-0.05, 0) is 56.7 Å². The summed E-state index contributed by atoms with van der Waals surface area (Å²) in [6, 6.07) is 17.1. The van der Waals surface area contributed by atoms with E-state index >= 15 is 0 Å². The SMILES string of the molecule is CCN(C(=O)c1cc(C)nc(Nc2ccccc2OC)n1)c1cccc(C)c1. The van der Waals surface area contributed by atoms with E-state index in [9.17, 15) is 4.79 Å². The maximum absolute atomic E-state index is 13.2. The van der Waals surface area contributed by atoms with Crippen LogP contribution in [0.25, 0.3) is 0 Å². The van der Waals surface area contributed by atoms with E-state index in [1.165, 1.54) is 0 Å². The Morgan fingerprint density at radius 1 is 1.07 bits per heavy atom. The van der Waals surface area contributed by atoms with Crippen LogP contribution in [0.5, 0.6) is 5.75 Å². The molecule has 3 rings (SSSR count). The van der Waals surface area contributed by atoms with E-state index in [1.54, 1.807) is 18.1 Å². The molecule has 1 aromatic heterocycles. The van der Waals surface area contributed by atoms with Crippen LogP contribution in [-0.4, -0.2) is 29.5 Å². The lowest BCUT2D eigenvalue weighted by Gasteiger charge is -2.21. The number of methoxy groups -OCH3 is 1. The number of aromatic nitrogens is 2. The maximum Gasteiger partial charge on any atom is 0.277 e. The molecule has 144 valence electrons. The third kappa shape index (κ3) is 4.28. The molecule has 2 aromatic carbocycles. The molecule has 0 unspecified atom stereocenters. The van der Waals surface area contributed by atoms with Crippen molar-refractivity contribution >= 4 is 23.2 Å². The van der Waals surface area contributed by atoms with Gasteiger partial charge in [0.2, 0.25) is 5.95 Å². The van der Waals surface area contributed by atoms with Crippen molar-refractivity contribution in [3.8, 4) is 5.75 Å². The molecule has 0 saturated carbocycles. The summed E-state index contributed by atoms with van der Waals surface area (Å²) in [6.45, 7) is 6.34. The number of hydrogen-bond donors (Lipinski definition) is 1. The number of benzene rings is 2. The Labute approximate surface area is 165 Å². The van der Waals surface area contributed by atoms with Gasteiger partial charge < -0.3 is 15.0 Å². The molecular weight excluding hydrogens is 352 g/mol. The summed E-state index contributed by atoms with van der Waals surface area (Å²) in [5, 5.41) is 3.15. The van der Waals surface area contributed by atoms with Crippen molar-refractivity contribution in [2.75, 3.05) is 23.9 Å². The molecule has 0 spiro atoms. The third-order valence-corrected chi connectivity index (χ3v) is 4.30. The predicted molar refractivity (Wildman–Crippen MR) is 112 cm³/mol. The van der Waals surface area contributed by atoms with Gasteiger partial charge in [-0.3, -0.25) is 4.79 Å². The number of rotatable bonds is 6. The van der Waals surface area contributed by atoms with Crippen molar-refractivity contribution in [3.63, 3.8) is 0 Å². The van der Waals surface area contributed by atoms with Gasteiger partial charge in [-0.25, -0.2) is 9.97 Å². The standard InChI is InChI=1S/C22H24N4O2/c1-5-26(17-10-8-9-15(2)13-17)21(27)19-14-16(3)23-22(25-19)24-18-11-6-7-12-20(18)28-4/h6-14H,5H2,1-4H3,(H,23,24,25). The molecule has 0 fully saturated rings. The fourth-order valence-electron chi connectivity index (χ4n) is 2.98. The van der Waals surface area contributed by atoms with Gasteiger partial charge in [-0.1, -0.05) is 24.3 Å². The van der Waals surface area contributed by atoms with Gasteiger partial charge >= 0.3 is 0 Å². The molecule has 0 radical (unpaired) electrons. The molecule has 6 nitrogen and oxygen atoms in total. The van der Waals surface area contributed by atoms with Gasteiger partial charge in [0.15, 0.2) is 0 Å². The molecule has 0 bridgehead atoms. The Morgan fingerprint density at radius 3 is 2.57 bits per heavy atom. The highest BCUT2D eigenvalue weighted by Crippen LogP contribution is 2.26. The van der Waals surface area contributed by atoms with Crippen LogP contribution in [0.3, 0.4) is 0 Å². The van der Waals surface area contributed by atoms with Crippen LogP contribution in [0, 0.1) is 13.8 Å². The minimum absolute atomic E-state index is 0.165. The van der Waals surface area contributed by atoms with Crippen LogP contribution in [0.1, 0.15) is 28.7 Å². The van der Waals surface area contributed by atoms with E-state index in [0.717, 1.165) is 16.9 Å². The summed E-state index contributed by atoms with van der Waals surface area (Å²) in [7, 11) is 1.60. The van der Waals surface area contributed by atoms with E-state index in [1.807, 2.05) is 69.3 Å². The molecule has 28 heavy (non-hydrogen) atoms. The van der Waals surface area contributed by atoms with Crippen molar-refractivity contribution in [2.24, 2.45) is 0 Å². The zero-order valence-electron chi connectivity index (χ0n) is 16.6. The molecule has 0 saturated heterocycles. The number of carbonyl (C=O) groups is 1. The number of amides is 1. The summed E-state index contributed by atoms with van der Waals surface area (Å²) >= 11 is 0. The average molecular weight is 376 g/mol. The summed E-state index contributed by atoms with van der Waals surface area (Å²) in [6.07, 6.45) is 0. The lowest BCUT2D eigenvalue weighted by atomic mass is 10.2. The number of aryl methyl sites for hydroxylation is 2. The summed E-state index contributed by atoms with van der Waals surface area (Å²) in [4.78, 5) is 23.7. The molecule has 0 aliphatic heterocycles. The number of hydrogen-bond acceptors (Lipinski definition) is 5. The normalized spacial score (nSPS) is 10.4. The van der Waals surface area contributed by atoms with E-state index in [4.69, 9.17) is 4.74 Å². The second-order valence-electron chi connectivity index (χ2n) is 6.43. The van der Waals surface area contributed by atoms with Gasteiger partial charge in [-0.2, -0.15) is 0 Å². The summed E-state index contributed by atoms with van der Waals surface area (Å²) in [5.41, 5.74) is 3.73. The first-order chi connectivity index (χ1) is 13.5. The smallest absolute Gasteiger partial charge is 0.277 e. The molecule has 1 amide bonds. The minimum Gasteiger partial charge on any atom is -0.495 e. The van der Waals surface area contributed by atoms with Crippen LogP contribution >= 0.6 is 0 Å². The number of anilines is 3. The highest BCUT2D eigenvalue weighted by atomic mass is 16.5. The van der Waals surface area contributed by atoms with Crippen LogP contribution in [0.4, 0.5) is 17.3 Å². The molecular formula is C22H24N4O2. The summed E-state index contributed by atoms with van der Waals surface area (Å²) < 4.78 is 5.36. The third-order valence-electron chi connectivity index (χ3n) is 4.30. The van der Waals surface area contributed by atoms with Crippen molar-refractivity contribution in [1.82, 2.24) is 9.97 Å². The topological polar surface area (TPSA) is 67.4 Å². The van der Waals surface area contributed by atoms with Gasteiger partial charge in [0.1, 0.15) is 11.4 Å². The minimum atomic E-state index is -0.165. The Kier molecular flexibility index (Phi) is 5.89. The molecule has 0 atom stereocenters. The van der Waals surface area contributed by atoms with Crippen molar-refractivity contribution in [3.05, 3.63) is 71.5 Å². The zero-order valence-corrected chi connectivity index (χ0v) is 16.6. The Bertz CT molecular complexity index is 988. The van der Waals surface area contributed by atoms with Crippen LogP contribution in [0.15, 0.2) is 54.6 Å². The lowest BCUT2D eigenvalue weighted by Crippen LogP contribution is -2.31. The molecule has 1 heterocycles. The molecule has 0 aliphatic rings. The number of carbonyl (C=O) groups excluding carboxylic acids is 1. The van der Waals surface area contributed by atoms with Crippen molar-refractivity contribution in [2.45, 2.75) is 20.8 Å². The van der Waals surface area contributed by atoms with Gasteiger partial charge in [0, 0.05) is 17.9 Å². The Morgan fingerprint density at radius 2 is 1.86 bits per heavy atom.